The summed E-state index contributed by atoms with van der Waals surface area (Å²) in [6, 6.07) is 7.56. The predicted octanol–water partition coefficient (Wildman–Crippen LogP) is 3.53. The lowest BCUT2D eigenvalue weighted by Crippen LogP contribution is -1.99. The number of rotatable bonds is 4. The van der Waals surface area contributed by atoms with Gasteiger partial charge in [0.25, 0.3) is 0 Å². The first-order valence-electron chi connectivity index (χ1n) is 5.85. The molecule has 2 aromatic carbocycles. The largest absolute Gasteiger partial charge is 0.478 e. The molecule has 1 N–H and O–H groups in total. The van der Waals surface area contributed by atoms with E-state index in [0.717, 1.165) is 6.07 Å². The summed E-state index contributed by atoms with van der Waals surface area (Å²) in [6.07, 6.45) is 0. The number of nitro benzene ring substituents is 1. The Balaban J connectivity index is 2.42. The molecule has 0 aliphatic carbocycles. The number of hydrogen-bond acceptors (Lipinski definition) is 4. The van der Waals surface area contributed by atoms with E-state index in [9.17, 15) is 19.3 Å². The normalized spacial score (nSPS) is 10.2. The maximum Gasteiger partial charge on any atom is 0.346 e. The second-order valence-electron chi connectivity index (χ2n) is 4.23. The molecule has 2 rings (SSSR count). The van der Waals surface area contributed by atoms with Gasteiger partial charge < -0.3 is 9.84 Å². The molecule has 108 valence electrons. The molecule has 2 aromatic rings. The fourth-order valence-corrected chi connectivity index (χ4v) is 1.77. The average molecular weight is 291 g/mol. The van der Waals surface area contributed by atoms with Crippen molar-refractivity contribution in [2.24, 2.45) is 0 Å². The van der Waals surface area contributed by atoms with Crippen LogP contribution in [-0.4, -0.2) is 16.0 Å². The fourth-order valence-electron chi connectivity index (χ4n) is 1.77. The first kappa shape index (κ1) is 14.4. The number of aryl methyl sites for hydroxylation is 1. The van der Waals surface area contributed by atoms with Crippen molar-refractivity contribution in [1.82, 2.24) is 0 Å². The van der Waals surface area contributed by atoms with Gasteiger partial charge in [-0.1, -0.05) is 6.07 Å². The molecule has 0 heterocycles. The summed E-state index contributed by atoms with van der Waals surface area (Å²) in [6.45, 7) is 1.59. The molecule has 0 saturated carbocycles. The van der Waals surface area contributed by atoms with Crippen LogP contribution in [0.1, 0.15) is 15.9 Å². The average Bonchev–Trinajstić information content (AvgIpc) is 2.40. The number of nitrogens with zero attached hydrogens (tertiary/aromatic N) is 1. The SMILES string of the molecule is Cc1cc(C(=O)O)ccc1Oc1cccc(F)c1[N+](=O)[O-]. The third-order valence-electron chi connectivity index (χ3n) is 2.77. The first-order valence-corrected chi connectivity index (χ1v) is 5.85. The second kappa shape index (κ2) is 5.58. The number of hydrogen-bond donors (Lipinski definition) is 1. The van der Waals surface area contributed by atoms with Crippen LogP contribution < -0.4 is 4.74 Å². The molecule has 0 fully saturated rings. The Kier molecular flexibility index (Phi) is 3.84. The van der Waals surface area contributed by atoms with E-state index in [2.05, 4.69) is 0 Å². The van der Waals surface area contributed by atoms with Crippen LogP contribution in [-0.2, 0) is 0 Å². The highest BCUT2D eigenvalue weighted by Crippen LogP contribution is 2.34. The standard InChI is InChI=1S/C14H10FNO5/c1-8-7-9(14(17)18)5-6-11(8)21-12-4-2-3-10(15)13(12)16(19)20/h2-7H,1H3,(H,17,18). The lowest BCUT2D eigenvalue weighted by atomic mass is 10.1. The van der Waals surface area contributed by atoms with Gasteiger partial charge in [-0.3, -0.25) is 10.1 Å². The lowest BCUT2D eigenvalue weighted by Gasteiger charge is -2.09. The zero-order valence-electron chi connectivity index (χ0n) is 10.9. The first-order chi connectivity index (χ1) is 9.90. The molecule has 7 heteroatoms. The smallest absolute Gasteiger partial charge is 0.346 e. The van der Waals surface area contributed by atoms with Crippen molar-refractivity contribution in [3.8, 4) is 11.5 Å². The molecule has 0 aromatic heterocycles. The third-order valence-corrected chi connectivity index (χ3v) is 2.77. The minimum atomic E-state index is -1.10. The van der Waals surface area contributed by atoms with Crippen molar-refractivity contribution in [2.45, 2.75) is 6.92 Å². The topological polar surface area (TPSA) is 89.7 Å². The van der Waals surface area contributed by atoms with Crippen LogP contribution in [0.4, 0.5) is 10.1 Å². The van der Waals surface area contributed by atoms with Gasteiger partial charge in [-0.05, 0) is 42.8 Å². The highest BCUT2D eigenvalue weighted by Gasteiger charge is 2.22. The van der Waals surface area contributed by atoms with E-state index >= 15 is 0 Å². The molecule has 0 aliphatic rings. The number of benzene rings is 2. The summed E-state index contributed by atoms with van der Waals surface area (Å²) < 4.78 is 18.8. The van der Waals surface area contributed by atoms with Crippen molar-refractivity contribution in [3.63, 3.8) is 0 Å². The molecule has 6 nitrogen and oxygen atoms in total. The van der Waals surface area contributed by atoms with Crippen molar-refractivity contribution >= 4 is 11.7 Å². The van der Waals surface area contributed by atoms with E-state index in [1.807, 2.05) is 0 Å². The van der Waals surface area contributed by atoms with Crippen molar-refractivity contribution in [3.05, 3.63) is 63.5 Å². The Morgan fingerprint density at radius 1 is 1.29 bits per heavy atom. The van der Waals surface area contributed by atoms with E-state index in [4.69, 9.17) is 9.84 Å². The molecule has 0 saturated heterocycles. The van der Waals surface area contributed by atoms with E-state index in [-0.39, 0.29) is 17.1 Å². The van der Waals surface area contributed by atoms with Gasteiger partial charge >= 0.3 is 11.7 Å². The zero-order valence-corrected chi connectivity index (χ0v) is 10.9. The van der Waals surface area contributed by atoms with Crippen molar-refractivity contribution in [2.75, 3.05) is 0 Å². The zero-order chi connectivity index (χ0) is 15.6. The quantitative estimate of drug-likeness (QED) is 0.687. The van der Waals surface area contributed by atoms with Crippen LogP contribution in [0.2, 0.25) is 0 Å². The summed E-state index contributed by atoms with van der Waals surface area (Å²) in [5, 5.41) is 19.7. The third kappa shape index (κ3) is 2.97. The lowest BCUT2D eigenvalue weighted by molar-refractivity contribution is -0.388. The van der Waals surface area contributed by atoms with Gasteiger partial charge in [0, 0.05) is 0 Å². The van der Waals surface area contributed by atoms with E-state index in [1.165, 1.54) is 30.3 Å². The molecule has 0 unspecified atom stereocenters. The number of halogens is 1. The number of nitro groups is 1. The Morgan fingerprint density at radius 2 is 2.00 bits per heavy atom. The highest BCUT2D eigenvalue weighted by molar-refractivity contribution is 5.88. The van der Waals surface area contributed by atoms with Crippen molar-refractivity contribution in [1.29, 1.82) is 0 Å². The Hall–Kier alpha value is -2.96. The molecule has 0 amide bonds. The number of carbonyl (C=O) groups is 1. The highest BCUT2D eigenvalue weighted by atomic mass is 19.1. The second-order valence-corrected chi connectivity index (χ2v) is 4.23. The summed E-state index contributed by atoms with van der Waals surface area (Å²) in [5.74, 6) is -2.13. The number of aromatic carboxylic acids is 1. The monoisotopic (exact) mass is 291 g/mol. The fraction of sp³-hybridized carbons (Fsp3) is 0.0714. The predicted molar refractivity (Wildman–Crippen MR) is 71.3 cm³/mol. The molecule has 21 heavy (non-hydrogen) atoms. The van der Waals surface area contributed by atoms with Gasteiger partial charge in [-0.25, -0.2) is 4.79 Å². The van der Waals surface area contributed by atoms with Crippen LogP contribution >= 0.6 is 0 Å². The van der Waals surface area contributed by atoms with E-state index in [1.54, 1.807) is 6.92 Å². The van der Waals surface area contributed by atoms with Crippen LogP contribution in [0.5, 0.6) is 11.5 Å². The molecule has 0 aliphatic heterocycles. The van der Waals surface area contributed by atoms with Crippen LogP contribution in [0.3, 0.4) is 0 Å². The van der Waals surface area contributed by atoms with Gasteiger partial charge in [0.2, 0.25) is 11.6 Å². The van der Waals surface area contributed by atoms with Gasteiger partial charge in [-0.2, -0.15) is 4.39 Å². The van der Waals surface area contributed by atoms with Gasteiger partial charge in [-0.15, -0.1) is 0 Å². The maximum absolute atomic E-state index is 13.5. The number of ether oxygens (including phenoxy) is 1. The molecule has 0 bridgehead atoms. The van der Waals surface area contributed by atoms with Crippen LogP contribution in [0.25, 0.3) is 0 Å². The number of carboxylic acids is 1. The molecular formula is C14H10FNO5. The summed E-state index contributed by atoms with van der Waals surface area (Å²) in [4.78, 5) is 20.8. The van der Waals surface area contributed by atoms with Gasteiger partial charge in [0.05, 0.1) is 10.5 Å². The van der Waals surface area contributed by atoms with Crippen LogP contribution in [0, 0.1) is 22.9 Å². The molecule has 0 atom stereocenters. The van der Waals surface area contributed by atoms with Gasteiger partial charge in [0.1, 0.15) is 5.75 Å². The minimum absolute atomic E-state index is 0.0635. The Morgan fingerprint density at radius 3 is 2.57 bits per heavy atom. The summed E-state index contributed by atoms with van der Waals surface area (Å²) in [7, 11) is 0. The Labute approximate surface area is 118 Å². The van der Waals surface area contributed by atoms with Crippen molar-refractivity contribution < 1.29 is 24.0 Å². The number of para-hydroxylation sites is 1. The van der Waals surface area contributed by atoms with Gasteiger partial charge in [0.15, 0.2) is 0 Å². The maximum atomic E-state index is 13.5. The molecular weight excluding hydrogens is 281 g/mol. The van der Waals surface area contributed by atoms with E-state index in [0.29, 0.717) is 5.56 Å². The minimum Gasteiger partial charge on any atom is -0.478 e. The van der Waals surface area contributed by atoms with E-state index < -0.39 is 22.4 Å². The number of carboxylic acid groups (broad SMARTS) is 1. The molecule has 0 spiro atoms. The molecule has 0 radical (unpaired) electrons. The summed E-state index contributed by atoms with van der Waals surface area (Å²) >= 11 is 0. The Bertz CT molecular complexity index is 729. The summed E-state index contributed by atoms with van der Waals surface area (Å²) in [5.41, 5.74) is -0.235. The van der Waals surface area contributed by atoms with Crippen LogP contribution in [0.15, 0.2) is 36.4 Å².